The summed E-state index contributed by atoms with van der Waals surface area (Å²) in [6, 6.07) is 10.5. The molecule has 0 saturated carbocycles. The van der Waals surface area contributed by atoms with Crippen molar-refractivity contribution in [1.29, 1.82) is 0 Å². The van der Waals surface area contributed by atoms with Gasteiger partial charge in [-0.1, -0.05) is 6.07 Å². The second kappa shape index (κ2) is 8.15. The van der Waals surface area contributed by atoms with Gasteiger partial charge in [0.05, 0.1) is 11.1 Å². The molecule has 2 aromatic carbocycles. The largest absolute Gasteiger partial charge is 0.372 e. The molecule has 2 aromatic rings. The van der Waals surface area contributed by atoms with Crippen molar-refractivity contribution in [2.75, 3.05) is 24.3 Å². The van der Waals surface area contributed by atoms with Crippen molar-refractivity contribution in [3.8, 4) is 0 Å². The van der Waals surface area contributed by atoms with E-state index in [-0.39, 0.29) is 16.6 Å². The van der Waals surface area contributed by atoms with Gasteiger partial charge < -0.3 is 10.2 Å². The fourth-order valence-corrected chi connectivity index (χ4v) is 2.17. The maximum absolute atomic E-state index is 12.8. The Morgan fingerprint density at radius 1 is 1.28 bits per heavy atom. The van der Waals surface area contributed by atoms with Crippen LogP contribution >= 0.6 is 12.2 Å². The molecule has 0 amide bonds. The Labute approximate surface area is 149 Å². The number of nitrogens with zero attached hydrogens (tertiary/aromatic N) is 3. The lowest BCUT2D eigenvalue weighted by atomic mass is 10.2. The third-order valence-corrected chi connectivity index (χ3v) is 3.35. The number of nitro groups is 1. The van der Waals surface area contributed by atoms with E-state index in [0.29, 0.717) is 16.9 Å². The zero-order chi connectivity index (χ0) is 18.4. The van der Waals surface area contributed by atoms with Crippen molar-refractivity contribution in [1.82, 2.24) is 5.43 Å². The van der Waals surface area contributed by atoms with Crippen LogP contribution in [0, 0.1) is 15.9 Å². The molecule has 0 aromatic heterocycles. The van der Waals surface area contributed by atoms with E-state index in [9.17, 15) is 14.5 Å². The number of hydrogen-bond donors (Lipinski definition) is 2. The monoisotopic (exact) mass is 361 g/mol. The van der Waals surface area contributed by atoms with Crippen molar-refractivity contribution in [2.45, 2.75) is 0 Å². The van der Waals surface area contributed by atoms with Crippen molar-refractivity contribution >= 4 is 40.6 Å². The molecule has 2 rings (SSSR count). The van der Waals surface area contributed by atoms with Crippen LogP contribution in [0.25, 0.3) is 0 Å². The molecule has 0 aliphatic carbocycles. The van der Waals surface area contributed by atoms with E-state index in [1.165, 1.54) is 36.5 Å². The molecule has 0 spiro atoms. The van der Waals surface area contributed by atoms with E-state index in [1.807, 2.05) is 0 Å². The second-order valence-corrected chi connectivity index (χ2v) is 5.64. The van der Waals surface area contributed by atoms with E-state index in [2.05, 4.69) is 15.8 Å². The minimum absolute atomic E-state index is 0.0130. The fourth-order valence-electron chi connectivity index (χ4n) is 2.00. The molecule has 0 heterocycles. The molecule has 7 nitrogen and oxygen atoms in total. The number of nitrogens with one attached hydrogen (secondary N) is 2. The molecular weight excluding hydrogens is 345 g/mol. The highest BCUT2D eigenvalue weighted by Crippen LogP contribution is 2.27. The van der Waals surface area contributed by atoms with Gasteiger partial charge in [-0.15, -0.1) is 0 Å². The van der Waals surface area contributed by atoms with Gasteiger partial charge in [0, 0.05) is 31.4 Å². The summed E-state index contributed by atoms with van der Waals surface area (Å²) < 4.78 is 12.8. The van der Waals surface area contributed by atoms with Crippen LogP contribution in [0.1, 0.15) is 5.56 Å². The lowest BCUT2D eigenvalue weighted by Gasteiger charge is -2.12. The number of nitro benzene ring substituents is 1. The number of hydrogen-bond acceptors (Lipinski definition) is 5. The Balaban J connectivity index is 2.01. The molecule has 0 aliphatic heterocycles. The number of thiocarbonyl (C=S) groups is 1. The van der Waals surface area contributed by atoms with Crippen LogP contribution < -0.4 is 15.6 Å². The first-order chi connectivity index (χ1) is 11.9. The number of halogens is 1. The van der Waals surface area contributed by atoms with E-state index < -0.39 is 4.92 Å². The van der Waals surface area contributed by atoms with Crippen LogP contribution in [0.2, 0.25) is 0 Å². The summed E-state index contributed by atoms with van der Waals surface area (Å²) in [5, 5.41) is 18.1. The van der Waals surface area contributed by atoms with Crippen molar-refractivity contribution in [3.63, 3.8) is 0 Å². The van der Waals surface area contributed by atoms with Gasteiger partial charge in [-0.2, -0.15) is 5.10 Å². The van der Waals surface area contributed by atoms with Crippen molar-refractivity contribution in [3.05, 3.63) is 64.0 Å². The van der Waals surface area contributed by atoms with Gasteiger partial charge in [-0.05, 0) is 42.5 Å². The summed E-state index contributed by atoms with van der Waals surface area (Å²) in [6.07, 6.45) is 1.42. The maximum atomic E-state index is 12.8. The quantitative estimate of drug-likeness (QED) is 0.368. The summed E-state index contributed by atoms with van der Waals surface area (Å²) in [5.74, 6) is -0.342. The van der Waals surface area contributed by atoms with Gasteiger partial charge in [0.15, 0.2) is 5.11 Å². The average molecular weight is 361 g/mol. The first kappa shape index (κ1) is 18.3. The van der Waals surface area contributed by atoms with Crippen LogP contribution in [0.4, 0.5) is 21.5 Å². The summed E-state index contributed by atoms with van der Waals surface area (Å²) in [5.41, 5.74) is 4.25. The van der Waals surface area contributed by atoms with Gasteiger partial charge in [0.1, 0.15) is 11.5 Å². The third kappa shape index (κ3) is 5.21. The second-order valence-electron chi connectivity index (χ2n) is 5.23. The highest BCUT2D eigenvalue weighted by atomic mass is 32.1. The molecule has 130 valence electrons. The summed E-state index contributed by atoms with van der Waals surface area (Å²) in [7, 11) is 3.47. The number of rotatable bonds is 5. The average Bonchev–Trinajstić information content (AvgIpc) is 2.56. The Morgan fingerprint density at radius 3 is 2.56 bits per heavy atom. The minimum atomic E-state index is -0.444. The number of benzene rings is 2. The van der Waals surface area contributed by atoms with Crippen molar-refractivity contribution < 1.29 is 9.31 Å². The zero-order valence-electron chi connectivity index (χ0n) is 13.6. The molecule has 0 fully saturated rings. The summed E-state index contributed by atoms with van der Waals surface area (Å²) in [6.45, 7) is 0. The van der Waals surface area contributed by atoms with Crippen LogP contribution in [-0.2, 0) is 0 Å². The van der Waals surface area contributed by atoms with E-state index >= 15 is 0 Å². The Kier molecular flexibility index (Phi) is 5.96. The van der Waals surface area contributed by atoms with E-state index in [0.717, 1.165) is 0 Å². The maximum Gasteiger partial charge on any atom is 0.293 e. The molecule has 0 unspecified atom stereocenters. The standard InChI is InChI=1S/C16H16FN5O2S/c1-21(2)14-8-3-11(9-15(14)22(23)24)10-18-20-16(25)19-13-6-4-12(17)5-7-13/h3-10H,1-2H3,(H2,19,20,25)/b18-10-. The Morgan fingerprint density at radius 2 is 1.96 bits per heavy atom. The molecule has 0 saturated heterocycles. The minimum Gasteiger partial charge on any atom is -0.372 e. The highest BCUT2D eigenvalue weighted by molar-refractivity contribution is 7.80. The van der Waals surface area contributed by atoms with Gasteiger partial charge in [0.25, 0.3) is 5.69 Å². The fraction of sp³-hybridized carbons (Fsp3) is 0.125. The molecule has 0 aliphatic rings. The summed E-state index contributed by atoms with van der Waals surface area (Å²) in [4.78, 5) is 12.4. The predicted molar refractivity (Wildman–Crippen MR) is 101 cm³/mol. The molecule has 25 heavy (non-hydrogen) atoms. The smallest absolute Gasteiger partial charge is 0.293 e. The predicted octanol–water partition coefficient (Wildman–Crippen LogP) is 3.12. The van der Waals surface area contributed by atoms with Gasteiger partial charge >= 0.3 is 0 Å². The lowest BCUT2D eigenvalue weighted by Crippen LogP contribution is -2.23. The SMILES string of the molecule is CN(C)c1ccc(/C=N\NC(=S)Nc2ccc(F)cc2)cc1[N+](=O)[O-]. The van der Waals surface area contributed by atoms with Crippen molar-refractivity contribution in [2.24, 2.45) is 5.10 Å². The normalized spacial score (nSPS) is 10.5. The topological polar surface area (TPSA) is 82.8 Å². The van der Waals surface area contributed by atoms with Gasteiger partial charge in [-0.25, -0.2) is 4.39 Å². The number of anilines is 2. The molecule has 0 atom stereocenters. The lowest BCUT2D eigenvalue weighted by molar-refractivity contribution is -0.384. The third-order valence-electron chi connectivity index (χ3n) is 3.16. The molecule has 0 radical (unpaired) electrons. The molecule has 9 heteroatoms. The Hall–Kier alpha value is -3.07. The number of hydrazone groups is 1. The molecule has 0 bridgehead atoms. The van der Waals surface area contributed by atoms with Crippen LogP contribution in [0.15, 0.2) is 47.6 Å². The van der Waals surface area contributed by atoms with Crippen LogP contribution in [0.5, 0.6) is 0 Å². The zero-order valence-corrected chi connectivity index (χ0v) is 14.4. The van der Waals surface area contributed by atoms with Gasteiger partial charge in [-0.3, -0.25) is 15.5 Å². The van der Waals surface area contributed by atoms with Gasteiger partial charge in [0.2, 0.25) is 0 Å². The summed E-state index contributed by atoms with van der Waals surface area (Å²) >= 11 is 5.06. The van der Waals surface area contributed by atoms with Crippen LogP contribution in [-0.4, -0.2) is 30.3 Å². The highest BCUT2D eigenvalue weighted by Gasteiger charge is 2.15. The van der Waals surface area contributed by atoms with E-state index in [4.69, 9.17) is 12.2 Å². The Bertz CT molecular complexity index is 809. The van der Waals surface area contributed by atoms with E-state index in [1.54, 1.807) is 31.1 Å². The van der Waals surface area contributed by atoms with Crippen LogP contribution in [0.3, 0.4) is 0 Å². The first-order valence-corrected chi connectivity index (χ1v) is 7.59. The molecular formula is C16H16FN5O2S. The first-order valence-electron chi connectivity index (χ1n) is 7.18. The molecule has 2 N–H and O–H groups in total.